The van der Waals surface area contributed by atoms with E-state index in [0.29, 0.717) is 13.0 Å². The van der Waals surface area contributed by atoms with E-state index >= 15 is 0 Å². The van der Waals surface area contributed by atoms with Crippen LogP contribution in [-0.2, 0) is 14.3 Å². The number of esters is 1. The number of hydrogen-bond acceptors (Lipinski definition) is 3. The molecule has 1 unspecified atom stereocenters. The van der Waals surface area contributed by atoms with Gasteiger partial charge in [-0.25, -0.2) is 0 Å². The van der Waals surface area contributed by atoms with Crippen LogP contribution in [0, 0.1) is 5.92 Å². The fraction of sp³-hybridized carbons (Fsp3) is 0.852. The topological polar surface area (TPSA) is 63.6 Å². The largest absolute Gasteiger partial charge is 0.481 e. The zero-order valence-corrected chi connectivity index (χ0v) is 20.5. The van der Waals surface area contributed by atoms with Gasteiger partial charge >= 0.3 is 11.9 Å². The molecule has 0 saturated heterocycles. The Morgan fingerprint density at radius 3 is 1.68 bits per heavy atom. The number of rotatable bonds is 23. The van der Waals surface area contributed by atoms with Crippen molar-refractivity contribution in [2.24, 2.45) is 5.92 Å². The summed E-state index contributed by atoms with van der Waals surface area (Å²) in [6.07, 6.45) is 26.3. The lowest BCUT2D eigenvalue weighted by Crippen LogP contribution is -2.21. The van der Waals surface area contributed by atoms with E-state index in [-0.39, 0.29) is 12.4 Å². The Labute approximate surface area is 192 Å². The van der Waals surface area contributed by atoms with Crippen LogP contribution in [0.3, 0.4) is 0 Å². The van der Waals surface area contributed by atoms with Gasteiger partial charge in [0.25, 0.3) is 0 Å². The number of allylic oxidation sites excluding steroid dienone is 2. The third-order valence-corrected chi connectivity index (χ3v) is 5.77. The number of carbonyl (C=O) groups is 2. The maximum Gasteiger partial charge on any atom is 0.309 e. The molecule has 0 fully saturated rings. The van der Waals surface area contributed by atoms with E-state index < -0.39 is 11.9 Å². The average molecular weight is 439 g/mol. The Morgan fingerprint density at radius 2 is 1.19 bits per heavy atom. The zero-order valence-electron chi connectivity index (χ0n) is 20.5. The van der Waals surface area contributed by atoms with Crippen LogP contribution in [-0.4, -0.2) is 23.7 Å². The van der Waals surface area contributed by atoms with Gasteiger partial charge in [0, 0.05) is 0 Å². The number of hydrogen-bond donors (Lipinski definition) is 1. The highest BCUT2D eigenvalue weighted by Gasteiger charge is 2.22. The molecule has 0 aromatic carbocycles. The quantitative estimate of drug-likeness (QED) is 0.0991. The molecular formula is C27H50O4. The number of carboxylic acids is 1. The third kappa shape index (κ3) is 21.7. The smallest absolute Gasteiger partial charge is 0.309 e. The minimum atomic E-state index is -0.925. The molecule has 0 aliphatic carbocycles. The Bertz CT molecular complexity index is 445. The van der Waals surface area contributed by atoms with Gasteiger partial charge in [-0.3, -0.25) is 9.59 Å². The van der Waals surface area contributed by atoms with E-state index in [4.69, 9.17) is 9.84 Å². The van der Waals surface area contributed by atoms with Gasteiger partial charge in [-0.1, -0.05) is 103 Å². The first-order valence-corrected chi connectivity index (χ1v) is 13.1. The molecule has 0 spiro atoms. The molecular weight excluding hydrogens is 388 g/mol. The van der Waals surface area contributed by atoms with Crippen molar-refractivity contribution in [1.82, 2.24) is 0 Å². The third-order valence-electron chi connectivity index (χ3n) is 5.77. The summed E-state index contributed by atoms with van der Waals surface area (Å²) in [4.78, 5) is 22.9. The molecule has 0 rings (SSSR count). The summed E-state index contributed by atoms with van der Waals surface area (Å²) >= 11 is 0. The normalized spacial score (nSPS) is 12.3. The van der Waals surface area contributed by atoms with Crippen molar-refractivity contribution in [3.05, 3.63) is 12.2 Å². The van der Waals surface area contributed by atoms with Crippen molar-refractivity contribution >= 4 is 11.9 Å². The number of aliphatic carboxylic acids is 1. The molecule has 31 heavy (non-hydrogen) atoms. The molecule has 0 aliphatic rings. The van der Waals surface area contributed by atoms with Gasteiger partial charge in [-0.2, -0.15) is 0 Å². The van der Waals surface area contributed by atoms with Crippen LogP contribution < -0.4 is 0 Å². The molecule has 0 heterocycles. The molecule has 4 nitrogen and oxygen atoms in total. The molecule has 4 heteroatoms. The van der Waals surface area contributed by atoms with E-state index in [1.165, 1.54) is 77.0 Å². The molecule has 182 valence electrons. The highest BCUT2D eigenvalue weighted by molar-refractivity contribution is 5.79. The maximum absolute atomic E-state index is 12.0. The van der Waals surface area contributed by atoms with Crippen LogP contribution in [0.4, 0.5) is 0 Å². The standard InChI is InChI=1S/C27H50O4/c1-3-5-6-7-8-9-10-11-12-13-14-15-16-17-18-19-20-21-22-25(24-26(28)29)27(30)31-23-4-2/h15-16,25H,3-14,17-24H2,1-2H3,(H,28,29)/b16-15+. The first-order valence-electron chi connectivity index (χ1n) is 13.1. The van der Waals surface area contributed by atoms with E-state index in [2.05, 4.69) is 19.1 Å². The van der Waals surface area contributed by atoms with Gasteiger partial charge in [-0.05, 0) is 38.5 Å². The fourth-order valence-electron chi connectivity index (χ4n) is 3.83. The van der Waals surface area contributed by atoms with Crippen LogP contribution in [0.1, 0.15) is 136 Å². The lowest BCUT2D eigenvalue weighted by molar-refractivity contribution is -0.153. The van der Waals surface area contributed by atoms with Crippen LogP contribution in [0.5, 0.6) is 0 Å². The predicted molar refractivity (Wildman–Crippen MR) is 130 cm³/mol. The molecule has 1 N–H and O–H groups in total. The Balaban J connectivity index is 3.52. The number of unbranched alkanes of at least 4 members (excludes halogenated alkanes) is 14. The molecule has 0 aromatic heterocycles. The molecule has 0 aliphatic heterocycles. The van der Waals surface area contributed by atoms with Crippen LogP contribution >= 0.6 is 0 Å². The molecule has 0 amide bonds. The van der Waals surface area contributed by atoms with E-state index in [9.17, 15) is 9.59 Å². The summed E-state index contributed by atoms with van der Waals surface area (Å²) in [6.45, 7) is 4.58. The first-order chi connectivity index (χ1) is 15.1. The lowest BCUT2D eigenvalue weighted by atomic mass is 9.97. The van der Waals surface area contributed by atoms with Crippen molar-refractivity contribution in [1.29, 1.82) is 0 Å². The van der Waals surface area contributed by atoms with Gasteiger partial charge in [0.2, 0.25) is 0 Å². The summed E-state index contributed by atoms with van der Waals surface area (Å²) in [6, 6.07) is 0. The van der Waals surface area contributed by atoms with Crippen molar-refractivity contribution in [2.45, 2.75) is 136 Å². The lowest BCUT2D eigenvalue weighted by Gasteiger charge is -2.13. The zero-order chi connectivity index (χ0) is 23.0. The molecule has 0 bridgehead atoms. The van der Waals surface area contributed by atoms with E-state index in [0.717, 1.165) is 32.1 Å². The van der Waals surface area contributed by atoms with Crippen molar-refractivity contribution in [3.63, 3.8) is 0 Å². The van der Waals surface area contributed by atoms with Gasteiger partial charge in [0.15, 0.2) is 0 Å². The van der Waals surface area contributed by atoms with Gasteiger partial charge in [0.05, 0.1) is 18.9 Å². The van der Waals surface area contributed by atoms with Gasteiger partial charge in [-0.15, -0.1) is 0 Å². The second kappa shape index (κ2) is 23.3. The molecule has 0 saturated carbocycles. The Kier molecular flexibility index (Phi) is 22.4. The number of carbonyl (C=O) groups excluding carboxylic acids is 1. The van der Waals surface area contributed by atoms with Crippen LogP contribution in [0.15, 0.2) is 12.2 Å². The van der Waals surface area contributed by atoms with Crippen molar-refractivity contribution in [3.8, 4) is 0 Å². The van der Waals surface area contributed by atoms with Crippen molar-refractivity contribution < 1.29 is 19.4 Å². The number of carboxylic acid groups (broad SMARTS) is 1. The molecule has 1 atom stereocenters. The monoisotopic (exact) mass is 438 g/mol. The highest BCUT2D eigenvalue weighted by Crippen LogP contribution is 2.17. The van der Waals surface area contributed by atoms with Gasteiger partial charge < -0.3 is 9.84 Å². The summed E-state index contributed by atoms with van der Waals surface area (Å²) in [5.74, 6) is -1.77. The van der Waals surface area contributed by atoms with E-state index in [1.807, 2.05) is 6.92 Å². The van der Waals surface area contributed by atoms with Crippen LogP contribution in [0.25, 0.3) is 0 Å². The summed E-state index contributed by atoms with van der Waals surface area (Å²) in [5.41, 5.74) is 0. The van der Waals surface area contributed by atoms with E-state index in [1.54, 1.807) is 0 Å². The van der Waals surface area contributed by atoms with Gasteiger partial charge in [0.1, 0.15) is 0 Å². The van der Waals surface area contributed by atoms with Crippen molar-refractivity contribution in [2.75, 3.05) is 6.61 Å². The fourth-order valence-corrected chi connectivity index (χ4v) is 3.83. The van der Waals surface area contributed by atoms with Crippen LogP contribution in [0.2, 0.25) is 0 Å². The first kappa shape index (κ1) is 29.7. The minimum absolute atomic E-state index is 0.121. The highest BCUT2D eigenvalue weighted by atomic mass is 16.5. The number of ether oxygens (including phenoxy) is 1. The predicted octanol–water partition coefficient (Wildman–Crippen LogP) is 8.24. The minimum Gasteiger partial charge on any atom is -0.481 e. The molecule has 0 radical (unpaired) electrons. The summed E-state index contributed by atoms with van der Waals surface area (Å²) in [5, 5.41) is 8.99. The maximum atomic E-state index is 12.0. The second-order valence-electron chi connectivity index (χ2n) is 8.90. The summed E-state index contributed by atoms with van der Waals surface area (Å²) < 4.78 is 5.13. The molecule has 0 aromatic rings. The Morgan fingerprint density at radius 1 is 0.710 bits per heavy atom. The summed E-state index contributed by atoms with van der Waals surface area (Å²) in [7, 11) is 0. The Hall–Kier alpha value is -1.32. The second-order valence-corrected chi connectivity index (χ2v) is 8.90. The SMILES string of the molecule is CCCCCCCCCCCC/C=C/CCCCCCC(CC(=O)O)C(=O)OCCC. The average Bonchev–Trinajstić information content (AvgIpc) is 2.75.